The van der Waals surface area contributed by atoms with Crippen LogP contribution in [0.2, 0.25) is 0 Å². The van der Waals surface area contributed by atoms with Crippen molar-refractivity contribution in [1.29, 1.82) is 0 Å². The maximum Gasteiger partial charge on any atom is 0 e. The number of hydrogen-bond acceptors (Lipinski definition) is 0. The predicted molar refractivity (Wildman–Crippen MR) is 11.7 cm³/mol. The molecule has 0 atom stereocenters. The molecule has 0 nitrogen and oxygen atoms in total. The van der Waals surface area contributed by atoms with E-state index in [1.165, 1.54) is 0 Å². The summed E-state index contributed by atoms with van der Waals surface area (Å²) >= 11 is -0.106. The minimum absolute atomic E-state index is 0. The molecule has 0 aromatic carbocycles. The summed E-state index contributed by atoms with van der Waals surface area (Å²) in [6.07, 6.45) is 0. The zero-order valence-corrected chi connectivity index (χ0v) is 5.44. The van der Waals surface area contributed by atoms with E-state index < -0.39 is 0 Å². The molecule has 0 amide bonds. The third-order valence-corrected chi connectivity index (χ3v) is 0. The van der Waals surface area contributed by atoms with Crippen LogP contribution in [0.15, 0.2) is 0 Å². The number of rotatable bonds is 0. The summed E-state index contributed by atoms with van der Waals surface area (Å²) in [6, 6.07) is 0. The Morgan fingerprint density at radius 1 is 1.25 bits per heavy atom. The van der Waals surface area contributed by atoms with Crippen molar-refractivity contribution >= 4 is 19.1 Å². The van der Waals surface area contributed by atoms with Gasteiger partial charge in [-0.05, 0) is 0 Å². The van der Waals surface area contributed by atoms with Crippen molar-refractivity contribution in [2.24, 2.45) is 0 Å². The number of hydrogen-bond donors (Lipinski definition) is 0. The van der Waals surface area contributed by atoms with Gasteiger partial charge in [0.05, 0.1) is 0 Å². The van der Waals surface area contributed by atoms with Gasteiger partial charge in [0, 0.05) is 16.5 Å². The van der Waals surface area contributed by atoms with Crippen molar-refractivity contribution in [1.82, 2.24) is 0 Å². The smallest absolute Gasteiger partial charge is 0 e. The first-order valence-electron chi connectivity index (χ1n) is 0.239. The maximum absolute atomic E-state index is 4.81. The van der Waals surface area contributed by atoms with Crippen molar-refractivity contribution in [2.45, 2.75) is 0 Å². The van der Waals surface area contributed by atoms with Gasteiger partial charge in [0.1, 0.15) is 0 Å². The van der Waals surface area contributed by atoms with E-state index in [4.69, 9.17) is 19.1 Å². The van der Waals surface area contributed by atoms with E-state index >= 15 is 0 Å². The van der Waals surface area contributed by atoms with Gasteiger partial charge in [0.2, 0.25) is 0 Å². The molecule has 0 fully saturated rings. The summed E-state index contributed by atoms with van der Waals surface area (Å²) in [5, 5.41) is 0. The second-order valence-electron chi connectivity index (χ2n) is 0.0452. The quantitative estimate of drug-likeness (QED) is 0.557. The van der Waals surface area contributed by atoms with Crippen LogP contribution in [0.4, 0.5) is 0 Å². The molecular weight excluding hydrogens is 236 g/mol. The van der Waals surface area contributed by atoms with Gasteiger partial charge in [-0.15, -0.1) is 0 Å². The van der Waals surface area contributed by atoms with E-state index in [1.54, 1.807) is 0 Å². The van der Waals surface area contributed by atoms with Crippen molar-refractivity contribution in [3.8, 4) is 0 Å². The van der Waals surface area contributed by atoms with Gasteiger partial charge in [-0.1, -0.05) is 0 Å². The minimum Gasteiger partial charge on any atom is 0 e. The summed E-state index contributed by atoms with van der Waals surface area (Å²) in [7, 11) is 9.63. The van der Waals surface area contributed by atoms with Gasteiger partial charge >= 0.3 is 35.0 Å². The van der Waals surface area contributed by atoms with E-state index in [2.05, 4.69) is 0 Å². The van der Waals surface area contributed by atoms with Crippen LogP contribution in [0.1, 0.15) is 0 Å². The zero-order valence-electron chi connectivity index (χ0n) is 1.39. The van der Waals surface area contributed by atoms with Crippen molar-refractivity contribution in [3.63, 3.8) is 0 Å². The monoisotopic (exact) mass is 234 g/mol. The van der Waals surface area contributed by atoms with E-state index in [0.717, 1.165) is 0 Å². The molecule has 0 radical (unpaired) electrons. The van der Waals surface area contributed by atoms with Crippen LogP contribution in [0.5, 0.6) is 0 Å². The van der Waals surface area contributed by atoms with E-state index in [1.807, 2.05) is 0 Å². The Hall–Kier alpha value is 1.74. The van der Waals surface area contributed by atoms with Crippen LogP contribution in [0.25, 0.3) is 0 Å². The van der Waals surface area contributed by atoms with Crippen LogP contribution in [0, 0.1) is 0 Å². The molecule has 0 spiro atoms. The summed E-state index contributed by atoms with van der Waals surface area (Å²) in [5.74, 6) is 0. The average Bonchev–Trinajstić information content (AvgIpc) is 0.918. The van der Waals surface area contributed by atoms with Crippen molar-refractivity contribution in [2.75, 3.05) is 0 Å². The first-order valence-corrected chi connectivity index (χ1v) is 4.24. The number of halogens is 2. The summed E-state index contributed by atoms with van der Waals surface area (Å²) in [6.45, 7) is 0. The third kappa shape index (κ3) is 9.28. The molecule has 0 heterocycles. The maximum atomic E-state index is 4.81. The average molecular weight is 236 g/mol. The molecule has 4 heteroatoms. The van der Waals surface area contributed by atoms with Crippen LogP contribution < -0.4 is 0 Å². The first kappa shape index (κ1) is 9.22. The topological polar surface area (TPSA) is 0 Å². The predicted octanol–water partition coefficient (Wildman–Crippen LogP) is 1.37. The molecule has 0 aliphatic rings. The second-order valence-corrected chi connectivity index (χ2v) is 2.41. The summed E-state index contributed by atoms with van der Waals surface area (Å²) < 4.78 is 0. The van der Waals surface area contributed by atoms with E-state index in [0.29, 0.717) is 0 Å². The fourth-order valence-corrected chi connectivity index (χ4v) is 0. The molecule has 0 unspecified atom stereocenters. The molecule has 0 aromatic rings. The molecule has 0 saturated heterocycles. The van der Waals surface area contributed by atoms with Gasteiger partial charge < -0.3 is 0 Å². The van der Waals surface area contributed by atoms with Crippen LogP contribution in [-0.2, 0) is 32.4 Å². The minimum atomic E-state index is -0.106. The van der Waals surface area contributed by atoms with E-state index in [-0.39, 0.29) is 32.4 Å². The van der Waals surface area contributed by atoms with Gasteiger partial charge in [-0.25, -0.2) is 0 Å². The Kier molecular flexibility index (Phi) is 20.3. The van der Waals surface area contributed by atoms with Crippen LogP contribution in [0.3, 0.4) is 0 Å². The fraction of sp³-hybridized carbons (Fsp3) is 0. The van der Waals surface area contributed by atoms with E-state index in [9.17, 15) is 0 Å². The Bertz CT molecular complexity index is 6.00. The second kappa shape index (κ2) is 8.83. The molecular formula is Cl2NiPd. The van der Waals surface area contributed by atoms with Gasteiger partial charge in [0.15, 0.2) is 0 Å². The fourth-order valence-electron chi connectivity index (χ4n) is 0. The normalized spacial score (nSPS) is 5.50. The summed E-state index contributed by atoms with van der Waals surface area (Å²) in [4.78, 5) is 0. The zero-order chi connectivity index (χ0) is 2.71. The molecule has 0 N–H and O–H groups in total. The standard InChI is InChI=1S/2ClH.Ni.Pd/h2*1H;;/q;;;+2/p-2. The van der Waals surface area contributed by atoms with Crippen molar-refractivity contribution in [3.05, 3.63) is 0 Å². The Morgan fingerprint density at radius 2 is 1.25 bits per heavy atom. The Balaban J connectivity index is 0. The molecule has 0 aliphatic carbocycles. The molecule has 0 rings (SSSR count). The molecule has 0 saturated carbocycles. The Labute approximate surface area is 51.3 Å². The SMILES string of the molecule is [Cl][Pd][Cl].[Ni]. The van der Waals surface area contributed by atoms with Gasteiger partial charge in [-0.3, -0.25) is 0 Å². The van der Waals surface area contributed by atoms with Crippen LogP contribution in [-0.4, -0.2) is 0 Å². The third-order valence-electron chi connectivity index (χ3n) is 0. The Morgan fingerprint density at radius 3 is 1.25 bits per heavy atom. The van der Waals surface area contributed by atoms with Gasteiger partial charge in [-0.2, -0.15) is 0 Å². The first-order chi connectivity index (χ1) is 1.41. The van der Waals surface area contributed by atoms with Gasteiger partial charge in [0.25, 0.3) is 0 Å². The van der Waals surface area contributed by atoms with Crippen LogP contribution >= 0.6 is 19.1 Å². The molecule has 0 aromatic heterocycles. The molecule has 4 heavy (non-hydrogen) atoms. The summed E-state index contributed by atoms with van der Waals surface area (Å²) in [5.41, 5.74) is 0. The molecule has 34 valence electrons. The van der Waals surface area contributed by atoms with Crippen molar-refractivity contribution < 1.29 is 32.4 Å². The molecule has 0 bridgehead atoms. The molecule has 0 aliphatic heterocycles. The largest absolute Gasteiger partial charge is 0 e.